The molecule has 110 valence electrons. The molecule has 0 saturated carbocycles. The van der Waals surface area contributed by atoms with E-state index in [-0.39, 0.29) is 0 Å². The molecule has 4 heteroatoms. The number of hydrogen-bond donors (Lipinski definition) is 0. The zero-order valence-corrected chi connectivity index (χ0v) is 13.5. The molecule has 0 unspecified atom stereocenters. The zero-order chi connectivity index (χ0) is 15.4. The molecule has 0 fully saturated rings. The highest BCUT2D eigenvalue weighted by atomic mass is 35.5. The normalized spacial score (nSPS) is 11.7. The van der Waals surface area contributed by atoms with Gasteiger partial charge < -0.3 is 4.42 Å². The van der Waals surface area contributed by atoms with Gasteiger partial charge in [0.1, 0.15) is 10.6 Å². The van der Waals surface area contributed by atoms with Crippen molar-refractivity contribution in [3.63, 3.8) is 0 Å². The minimum absolute atomic E-state index is 0.639. The van der Waals surface area contributed by atoms with E-state index in [9.17, 15) is 0 Å². The topological polar surface area (TPSA) is 26.0 Å². The van der Waals surface area contributed by atoms with Crippen LogP contribution in [0.5, 0.6) is 0 Å². The van der Waals surface area contributed by atoms with E-state index in [1.807, 2.05) is 42.5 Å². The fourth-order valence-corrected chi connectivity index (χ4v) is 4.09. The lowest BCUT2D eigenvalue weighted by Crippen LogP contribution is -1.73. The van der Waals surface area contributed by atoms with E-state index >= 15 is 0 Å². The molecule has 0 radical (unpaired) electrons. The third-order valence-corrected chi connectivity index (χ3v) is 5.34. The highest BCUT2D eigenvalue weighted by molar-refractivity contribution is 7.21. The van der Waals surface area contributed by atoms with E-state index in [1.165, 1.54) is 0 Å². The number of rotatable bonds is 1. The van der Waals surface area contributed by atoms with Gasteiger partial charge in [0.25, 0.3) is 0 Å². The number of nitrogens with zero attached hydrogens (tertiary/aromatic N) is 1. The third-order valence-electron chi connectivity index (χ3n) is 3.98. The smallest absolute Gasteiger partial charge is 0.153 e. The fraction of sp³-hybridized carbons (Fsp3) is 0. The number of furan rings is 1. The average Bonchev–Trinajstić information content (AvgIpc) is 3.15. The molecule has 2 nitrogen and oxygen atoms in total. The summed E-state index contributed by atoms with van der Waals surface area (Å²) in [5.74, 6) is 0. The minimum atomic E-state index is 0.639. The second kappa shape index (κ2) is 4.82. The van der Waals surface area contributed by atoms with Crippen molar-refractivity contribution < 1.29 is 4.42 Å². The molecule has 5 rings (SSSR count). The zero-order valence-electron chi connectivity index (χ0n) is 11.9. The number of aromatic nitrogens is 1. The lowest BCUT2D eigenvalue weighted by atomic mass is 10.1. The van der Waals surface area contributed by atoms with Gasteiger partial charge in [-0.3, -0.25) is 0 Å². The second-order valence-electron chi connectivity index (χ2n) is 5.42. The van der Waals surface area contributed by atoms with Crippen molar-refractivity contribution in [2.24, 2.45) is 0 Å². The summed E-state index contributed by atoms with van der Waals surface area (Å²) >= 11 is 7.93. The molecular weight excluding hydrogens is 326 g/mol. The van der Waals surface area contributed by atoms with Gasteiger partial charge in [-0.1, -0.05) is 54.1 Å². The van der Waals surface area contributed by atoms with E-state index in [4.69, 9.17) is 21.0 Å². The van der Waals surface area contributed by atoms with Crippen LogP contribution in [0.1, 0.15) is 0 Å². The standard InChI is InChI=1S/C19H10ClNOS/c20-14-8-4-7-12-13-9-17-15(10-16(13)22-18(12)14)21-19(23-17)11-5-2-1-3-6-11/h1-10H. The quantitative estimate of drug-likeness (QED) is 0.348. The van der Waals surface area contributed by atoms with Gasteiger partial charge >= 0.3 is 0 Å². The molecule has 5 aromatic rings. The Kier molecular flexibility index (Phi) is 2.75. The van der Waals surface area contributed by atoms with Crippen LogP contribution in [-0.2, 0) is 0 Å². The number of fused-ring (bicyclic) bond motifs is 4. The van der Waals surface area contributed by atoms with Gasteiger partial charge in [0.2, 0.25) is 0 Å². The van der Waals surface area contributed by atoms with E-state index in [1.54, 1.807) is 11.3 Å². The lowest BCUT2D eigenvalue weighted by Gasteiger charge is -1.92. The summed E-state index contributed by atoms with van der Waals surface area (Å²) in [6, 6.07) is 20.2. The average molecular weight is 336 g/mol. The Balaban J connectivity index is 1.81. The van der Waals surface area contributed by atoms with Crippen molar-refractivity contribution in [2.45, 2.75) is 0 Å². The first-order valence-electron chi connectivity index (χ1n) is 7.26. The van der Waals surface area contributed by atoms with Crippen LogP contribution in [0, 0.1) is 0 Å². The molecule has 2 heterocycles. The van der Waals surface area contributed by atoms with Crippen LogP contribution in [0.2, 0.25) is 5.02 Å². The van der Waals surface area contributed by atoms with Crippen LogP contribution in [-0.4, -0.2) is 4.98 Å². The van der Waals surface area contributed by atoms with Crippen LogP contribution >= 0.6 is 22.9 Å². The molecule has 23 heavy (non-hydrogen) atoms. The maximum atomic E-state index is 6.23. The Bertz CT molecular complexity index is 1170. The molecule has 0 aliphatic rings. The van der Waals surface area contributed by atoms with Crippen LogP contribution in [0.15, 0.2) is 65.1 Å². The molecule has 0 aliphatic heterocycles. The van der Waals surface area contributed by atoms with Crippen molar-refractivity contribution in [3.05, 3.63) is 65.7 Å². The summed E-state index contributed by atoms with van der Waals surface area (Å²) in [6.45, 7) is 0. The maximum absolute atomic E-state index is 6.23. The molecule has 0 N–H and O–H groups in total. The summed E-state index contributed by atoms with van der Waals surface area (Å²) < 4.78 is 7.09. The molecule has 0 saturated heterocycles. The summed E-state index contributed by atoms with van der Waals surface area (Å²) in [5.41, 5.74) is 3.66. The van der Waals surface area contributed by atoms with Gasteiger partial charge in [0.15, 0.2) is 5.58 Å². The molecule has 2 aromatic heterocycles. The molecule has 0 spiro atoms. The SMILES string of the molecule is Clc1cccc2c1oc1cc3nc(-c4ccccc4)sc3cc12. The van der Waals surface area contributed by atoms with Crippen molar-refractivity contribution in [1.29, 1.82) is 0 Å². The van der Waals surface area contributed by atoms with Gasteiger partial charge in [-0.05, 0) is 12.1 Å². The predicted octanol–water partition coefficient (Wildman–Crippen LogP) is 6.52. The fourth-order valence-electron chi connectivity index (χ4n) is 2.89. The maximum Gasteiger partial charge on any atom is 0.153 e. The predicted molar refractivity (Wildman–Crippen MR) is 97.3 cm³/mol. The first-order valence-corrected chi connectivity index (χ1v) is 8.46. The van der Waals surface area contributed by atoms with E-state index in [2.05, 4.69) is 18.2 Å². The first-order chi connectivity index (χ1) is 11.3. The third kappa shape index (κ3) is 1.97. The summed E-state index contributed by atoms with van der Waals surface area (Å²) in [5, 5.41) is 3.79. The van der Waals surface area contributed by atoms with Gasteiger partial charge in [0, 0.05) is 22.4 Å². The Morgan fingerprint density at radius 3 is 2.65 bits per heavy atom. The molecule has 0 atom stereocenters. The largest absolute Gasteiger partial charge is 0.454 e. The molecule has 0 aliphatic carbocycles. The number of thiazole rings is 1. The van der Waals surface area contributed by atoms with Crippen molar-refractivity contribution in [3.8, 4) is 10.6 Å². The second-order valence-corrected chi connectivity index (χ2v) is 6.86. The molecule has 3 aromatic carbocycles. The number of benzene rings is 3. The number of halogens is 1. The van der Waals surface area contributed by atoms with Crippen LogP contribution < -0.4 is 0 Å². The van der Waals surface area contributed by atoms with Crippen molar-refractivity contribution in [1.82, 2.24) is 4.98 Å². The van der Waals surface area contributed by atoms with Gasteiger partial charge in [-0.2, -0.15) is 0 Å². The Hall–Kier alpha value is -2.36. The number of hydrogen-bond acceptors (Lipinski definition) is 3. The van der Waals surface area contributed by atoms with Crippen LogP contribution in [0.4, 0.5) is 0 Å². The van der Waals surface area contributed by atoms with E-state index in [0.29, 0.717) is 5.02 Å². The van der Waals surface area contributed by atoms with E-state index < -0.39 is 0 Å². The van der Waals surface area contributed by atoms with Gasteiger partial charge in [-0.15, -0.1) is 11.3 Å². The number of para-hydroxylation sites is 1. The monoisotopic (exact) mass is 335 g/mol. The van der Waals surface area contributed by atoms with Gasteiger partial charge in [0.05, 0.1) is 15.2 Å². The van der Waals surface area contributed by atoms with Crippen molar-refractivity contribution in [2.75, 3.05) is 0 Å². The first kappa shape index (κ1) is 13.1. The highest BCUT2D eigenvalue weighted by Crippen LogP contribution is 2.38. The van der Waals surface area contributed by atoms with E-state index in [0.717, 1.165) is 42.7 Å². The molecule has 0 amide bonds. The summed E-state index contributed by atoms with van der Waals surface area (Å²) in [7, 11) is 0. The Labute approximate surface area is 140 Å². The van der Waals surface area contributed by atoms with Crippen LogP contribution in [0.3, 0.4) is 0 Å². The minimum Gasteiger partial charge on any atom is -0.454 e. The van der Waals surface area contributed by atoms with Gasteiger partial charge in [-0.25, -0.2) is 4.98 Å². The molecule has 0 bridgehead atoms. The van der Waals surface area contributed by atoms with Crippen molar-refractivity contribution >= 4 is 55.1 Å². The lowest BCUT2D eigenvalue weighted by molar-refractivity contribution is 0.669. The Morgan fingerprint density at radius 2 is 1.78 bits per heavy atom. The van der Waals surface area contributed by atoms with Crippen LogP contribution in [0.25, 0.3) is 42.7 Å². The Morgan fingerprint density at radius 1 is 0.913 bits per heavy atom. The summed E-state index contributed by atoms with van der Waals surface area (Å²) in [4.78, 5) is 4.75. The highest BCUT2D eigenvalue weighted by Gasteiger charge is 2.13. The summed E-state index contributed by atoms with van der Waals surface area (Å²) in [6.07, 6.45) is 0. The molecular formula is C19H10ClNOS.